The van der Waals surface area contributed by atoms with E-state index in [2.05, 4.69) is 5.32 Å². The molecule has 1 atom stereocenters. The van der Waals surface area contributed by atoms with Crippen LogP contribution in [0.4, 0.5) is 5.69 Å². The summed E-state index contributed by atoms with van der Waals surface area (Å²) in [7, 11) is 1.54. The summed E-state index contributed by atoms with van der Waals surface area (Å²) < 4.78 is 10.5. The second-order valence-electron chi connectivity index (χ2n) is 4.37. The molecular weight excluding hydrogens is 260 g/mol. The predicted octanol–water partition coefficient (Wildman–Crippen LogP) is 3.05. The number of non-ortho nitro benzene ring substituents is 1. The van der Waals surface area contributed by atoms with Gasteiger partial charge < -0.3 is 14.5 Å². The lowest BCUT2D eigenvalue weighted by atomic mass is 10.1. The zero-order valence-electron chi connectivity index (χ0n) is 11.3. The number of nitro groups is 1. The van der Waals surface area contributed by atoms with Crippen LogP contribution in [0.25, 0.3) is 0 Å². The van der Waals surface area contributed by atoms with E-state index in [1.165, 1.54) is 12.1 Å². The van der Waals surface area contributed by atoms with Crippen LogP contribution in [0.5, 0.6) is 5.75 Å². The van der Waals surface area contributed by atoms with Gasteiger partial charge in [0.05, 0.1) is 24.3 Å². The molecule has 1 aromatic carbocycles. The Bertz CT molecular complexity index is 581. The molecule has 0 bridgehead atoms. The highest BCUT2D eigenvalue weighted by molar-refractivity contribution is 5.43. The topological polar surface area (TPSA) is 77.5 Å². The lowest BCUT2D eigenvalue weighted by molar-refractivity contribution is -0.384. The van der Waals surface area contributed by atoms with Crippen LogP contribution in [-0.2, 0) is 6.54 Å². The van der Waals surface area contributed by atoms with Gasteiger partial charge in [0, 0.05) is 24.2 Å². The van der Waals surface area contributed by atoms with Crippen molar-refractivity contribution in [3.05, 3.63) is 58.0 Å². The highest BCUT2D eigenvalue weighted by Gasteiger charge is 2.13. The number of hydrogen-bond acceptors (Lipinski definition) is 5. The quantitative estimate of drug-likeness (QED) is 0.648. The summed E-state index contributed by atoms with van der Waals surface area (Å²) in [6.45, 7) is 2.41. The maximum atomic E-state index is 10.8. The maximum Gasteiger partial charge on any atom is 0.270 e. The van der Waals surface area contributed by atoms with Crippen LogP contribution < -0.4 is 10.1 Å². The Kier molecular flexibility index (Phi) is 4.37. The lowest BCUT2D eigenvalue weighted by Crippen LogP contribution is -2.18. The Hall–Kier alpha value is -2.34. The molecule has 0 aliphatic carbocycles. The third kappa shape index (κ3) is 3.16. The minimum absolute atomic E-state index is 0.00830. The molecule has 0 saturated carbocycles. The van der Waals surface area contributed by atoms with E-state index in [9.17, 15) is 10.1 Å². The Balaban J connectivity index is 2.11. The molecule has 0 unspecified atom stereocenters. The average Bonchev–Trinajstić information content (AvgIpc) is 2.98. The van der Waals surface area contributed by atoms with Crippen LogP contribution in [0, 0.1) is 10.1 Å². The fraction of sp³-hybridized carbons (Fsp3) is 0.286. The summed E-state index contributed by atoms with van der Waals surface area (Å²) in [4.78, 5) is 10.4. The molecule has 2 rings (SSSR count). The number of nitro benzene ring substituents is 1. The van der Waals surface area contributed by atoms with Crippen molar-refractivity contribution < 1.29 is 14.1 Å². The van der Waals surface area contributed by atoms with E-state index in [0.717, 1.165) is 11.3 Å². The summed E-state index contributed by atoms with van der Waals surface area (Å²) in [5, 5.41) is 14.1. The second-order valence-corrected chi connectivity index (χ2v) is 4.37. The highest BCUT2D eigenvalue weighted by atomic mass is 16.6. The van der Waals surface area contributed by atoms with Gasteiger partial charge in [0.1, 0.15) is 11.5 Å². The standard InChI is InChI=1S/C14H16N2O4/c1-10(13-4-3-7-20-13)15-9-11-8-12(16(17)18)5-6-14(11)19-2/h3-8,10,15H,9H2,1-2H3/t10-/m1/s1. The second kappa shape index (κ2) is 6.21. The molecule has 6 nitrogen and oxygen atoms in total. The number of ether oxygens (including phenoxy) is 1. The third-order valence-electron chi connectivity index (χ3n) is 3.04. The highest BCUT2D eigenvalue weighted by Crippen LogP contribution is 2.24. The molecule has 0 amide bonds. The van der Waals surface area contributed by atoms with Crippen LogP contribution in [0.15, 0.2) is 41.0 Å². The van der Waals surface area contributed by atoms with E-state index < -0.39 is 4.92 Å². The number of nitrogens with zero attached hydrogens (tertiary/aromatic N) is 1. The molecular formula is C14H16N2O4. The van der Waals surface area contributed by atoms with Crippen LogP contribution in [-0.4, -0.2) is 12.0 Å². The van der Waals surface area contributed by atoms with Gasteiger partial charge in [-0.05, 0) is 25.1 Å². The Morgan fingerprint density at radius 2 is 2.25 bits per heavy atom. The van der Waals surface area contributed by atoms with Crippen molar-refractivity contribution in [1.29, 1.82) is 0 Å². The van der Waals surface area contributed by atoms with Gasteiger partial charge in [-0.3, -0.25) is 10.1 Å². The normalized spacial score (nSPS) is 12.1. The first-order valence-corrected chi connectivity index (χ1v) is 6.20. The first kappa shape index (κ1) is 14.1. The van der Waals surface area contributed by atoms with E-state index in [4.69, 9.17) is 9.15 Å². The Morgan fingerprint density at radius 3 is 2.85 bits per heavy atom. The van der Waals surface area contributed by atoms with Gasteiger partial charge >= 0.3 is 0 Å². The molecule has 0 radical (unpaired) electrons. The fourth-order valence-corrected chi connectivity index (χ4v) is 1.92. The molecule has 0 fully saturated rings. The average molecular weight is 276 g/mol. The van der Waals surface area contributed by atoms with Crippen molar-refractivity contribution in [2.75, 3.05) is 7.11 Å². The molecule has 0 aliphatic rings. The zero-order valence-corrected chi connectivity index (χ0v) is 11.3. The molecule has 106 valence electrons. The van der Waals surface area contributed by atoms with Gasteiger partial charge in [0.25, 0.3) is 5.69 Å². The molecule has 2 aromatic rings. The number of hydrogen-bond donors (Lipinski definition) is 1. The van der Waals surface area contributed by atoms with Gasteiger partial charge in [-0.25, -0.2) is 0 Å². The minimum Gasteiger partial charge on any atom is -0.496 e. The van der Waals surface area contributed by atoms with Crippen molar-refractivity contribution in [3.63, 3.8) is 0 Å². The monoisotopic (exact) mass is 276 g/mol. The van der Waals surface area contributed by atoms with E-state index >= 15 is 0 Å². The first-order chi connectivity index (χ1) is 9.61. The van der Waals surface area contributed by atoms with Crippen molar-refractivity contribution in [1.82, 2.24) is 5.32 Å². The van der Waals surface area contributed by atoms with E-state index in [1.54, 1.807) is 19.4 Å². The van der Waals surface area contributed by atoms with E-state index in [1.807, 2.05) is 19.1 Å². The zero-order chi connectivity index (χ0) is 14.5. The summed E-state index contributed by atoms with van der Waals surface area (Å²) >= 11 is 0. The molecule has 0 saturated heterocycles. The molecule has 6 heteroatoms. The van der Waals surface area contributed by atoms with Gasteiger partial charge in [0.15, 0.2) is 0 Å². The van der Waals surface area contributed by atoms with Crippen molar-refractivity contribution >= 4 is 5.69 Å². The van der Waals surface area contributed by atoms with Gasteiger partial charge in [-0.2, -0.15) is 0 Å². The summed E-state index contributed by atoms with van der Waals surface area (Å²) in [6.07, 6.45) is 1.61. The largest absolute Gasteiger partial charge is 0.496 e. The van der Waals surface area contributed by atoms with E-state index in [0.29, 0.717) is 12.3 Å². The summed E-state index contributed by atoms with van der Waals surface area (Å²) in [6, 6.07) is 8.25. The molecule has 20 heavy (non-hydrogen) atoms. The number of rotatable bonds is 6. The third-order valence-corrected chi connectivity index (χ3v) is 3.04. The molecule has 1 heterocycles. The minimum atomic E-state index is -0.418. The van der Waals surface area contributed by atoms with Crippen molar-refractivity contribution in [2.24, 2.45) is 0 Å². The number of benzene rings is 1. The smallest absolute Gasteiger partial charge is 0.270 e. The Morgan fingerprint density at radius 1 is 1.45 bits per heavy atom. The Labute approximate surface area is 116 Å². The van der Waals surface area contributed by atoms with Gasteiger partial charge in [-0.15, -0.1) is 0 Å². The maximum absolute atomic E-state index is 10.8. The molecule has 0 spiro atoms. The SMILES string of the molecule is COc1ccc([N+](=O)[O-])cc1CN[C@H](C)c1ccco1. The van der Waals surface area contributed by atoms with Crippen molar-refractivity contribution in [3.8, 4) is 5.75 Å². The van der Waals surface area contributed by atoms with Gasteiger partial charge in [0.2, 0.25) is 0 Å². The van der Waals surface area contributed by atoms with Crippen LogP contribution >= 0.6 is 0 Å². The van der Waals surface area contributed by atoms with E-state index in [-0.39, 0.29) is 11.7 Å². The number of methoxy groups -OCH3 is 1. The van der Waals surface area contributed by atoms with Crippen molar-refractivity contribution in [2.45, 2.75) is 19.5 Å². The number of nitrogens with one attached hydrogen (secondary N) is 1. The predicted molar refractivity (Wildman–Crippen MR) is 73.6 cm³/mol. The summed E-state index contributed by atoms with van der Waals surface area (Å²) in [5.41, 5.74) is 0.786. The van der Waals surface area contributed by atoms with Gasteiger partial charge in [-0.1, -0.05) is 0 Å². The molecule has 0 aliphatic heterocycles. The van der Waals surface area contributed by atoms with Crippen LogP contribution in [0.3, 0.4) is 0 Å². The molecule has 1 aromatic heterocycles. The van der Waals surface area contributed by atoms with Crippen LogP contribution in [0.2, 0.25) is 0 Å². The number of furan rings is 1. The lowest BCUT2D eigenvalue weighted by Gasteiger charge is -2.13. The van der Waals surface area contributed by atoms with Crippen LogP contribution in [0.1, 0.15) is 24.3 Å². The summed E-state index contributed by atoms with van der Waals surface area (Å²) in [5.74, 6) is 1.43. The molecule has 1 N–H and O–H groups in total. The fourth-order valence-electron chi connectivity index (χ4n) is 1.92. The first-order valence-electron chi connectivity index (χ1n) is 6.20.